The quantitative estimate of drug-likeness (QED) is 0.721. The average molecular weight is 191 g/mol. The van der Waals surface area contributed by atoms with Crippen LogP contribution in [0.5, 0.6) is 0 Å². The van der Waals surface area contributed by atoms with Crippen LogP contribution in [0, 0.1) is 0 Å². The van der Waals surface area contributed by atoms with Crippen molar-refractivity contribution in [2.45, 2.75) is 12.0 Å². The Labute approximate surface area is 83.1 Å². The van der Waals surface area contributed by atoms with E-state index >= 15 is 0 Å². The Morgan fingerprint density at radius 3 is 2.64 bits per heavy atom. The SMILES string of the molecule is COCC1NC(=O)C1c1ccccc1. The Balaban J connectivity index is 2.13. The molecule has 1 amide bonds. The average Bonchev–Trinajstić information content (AvgIpc) is 2.19. The van der Waals surface area contributed by atoms with E-state index in [-0.39, 0.29) is 17.9 Å². The normalized spacial score (nSPS) is 25.4. The Kier molecular flexibility index (Phi) is 2.50. The largest absolute Gasteiger partial charge is 0.383 e. The van der Waals surface area contributed by atoms with Crippen LogP contribution >= 0.6 is 0 Å². The number of ether oxygens (including phenoxy) is 1. The molecule has 0 aromatic heterocycles. The van der Waals surface area contributed by atoms with Gasteiger partial charge in [-0.3, -0.25) is 4.79 Å². The minimum Gasteiger partial charge on any atom is -0.383 e. The minimum atomic E-state index is -0.0313. The minimum absolute atomic E-state index is 0.0313. The predicted molar refractivity (Wildman–Crippen MR) is 53.0 cm³/mol. The third-order valence-corrected chi connectivity index (χ3v) is 2.52. The maximum atomic E-state index is 11.3. The summed E-state index contributed by atoms with van der Waals surface area (Å²) < 4.78 is 5.03. The number of hydrogen-bond donors (Lipinski definition) is 1. The predicted octanol–water partition coefficient (Wildman–Crippen LogP) is 0.915. The van der Waals surface area contributed by atoms with Gasteiger partial charge in [-0.25, -0.2) is 0 Å². The molecule has 1 aromatic rings. The lowest BCUT2D eigenvalue weighted by atomic mass is 9.84. The highest BCUT2D eigenvalue weighted by Crippen LogP contribution is 2.27. The second-order valence-electron chi connectivity index (χ2n) is 3.46. The van der Waals surface area contributed by atoms with Crippen LogP contribution in [0.2, 0.25) is 0 Å². The first kappa shape index (κ1) is 9.21. The molecule has 14 heavy (non-hydrogen) atoms. The standard InChI is InChI=1S/C11H13NO2/c1-14-7-9-10(11(13)12-9)8-5-3-2-4-6-8/h2-6,9-10H,7H2,1H3,(H,12,13). The third kappa shape index (κ3) is 1.51. The molecule has 0 bridgehead atoms. The highest BCUT2D eigenvalue weighted by atomic mass is 16.5. The molecule has 1 saturated heterocycles. The van der Waals surface area contributed by atoms with Gasteiger partial charge in [-0.1, -0.05) is 30.3 Å². The van der Waals surface area contributed by atoms with Gasteiger partial charge in [0.15, 0.2) is 0 Å². The molecule has 1 N–H and O–H groups in total. The van der Waals surface area contributed by atoms with Gasteiger partial charge >= 0.3 is 0 Å². The van der Waals surface area contributed by atoms with E-state index in [9.17, 15) is 4.79 Å². The smallest absolute Gasteiger partial charge is 0.230 e. The van der Waals surface area contributed by atoms with E-state index in [2.05, 4.69) is 5.32 Å². The summed E-state index contributed by atoms with van der Waals surface area (Å²) in [5.41, 5.74) is 1.07. The van der Waals surface area contributed by atoms with Crippen molar-refractivity contribution in [3.05, 3.63) is 35.9 Å². The molecule has 0 saturated carbocycles. The molecule has 1 aliphatic heterocycles. The zero-order valence-electron chi connectivity index (χ0n) is 8.07. The van der Waals surface area contributed by atoms with Gasteiger partial charge in [-0.2, -0.15) is 0 Å². The van der Waals surface area contributed by atoms with Crippen LogP contribution in [0.4, 0.5) is 0 Å². The van der Waals surface area contributed by atoms with Crippen LogP contribution in [0.1, 0.15) is 11.5 Å². The summed E-state index contributed by atoms with van der Waals surface area (Å²) in [6, 6.07) is 9.94. The number of nitrogens with one attached hydrogen (secondary N) is 1. The molecule has 74 valence electrons. The maximum absolute atomic E-state index is 11.3. The van der Waals surface area contributed by atoms with Crippen LogP contribution in [0.25, 0.3) is 0 Å². The van der Waals surface area contributed by atoms with Gasteiger partial charge < -0.3 is 10.1 Å². The van der Waals surface area contributed by atoms with E-state index < -0.39 is 0 Å². The van der Waals surface area contributed by atoms with Crippen molar-refractivity contribution in [3.63, 3.8) is 0 Å². The number of carbonyl (C=O) groups excluding carboxylic acids is 1. The summed E-state index contributed by atoms with van der Waals surface area (Å²) in [4.78, 5) is 11.3. The highest BCUT2D eigenvalue weighted by molar-refractivity contribution is 5.91. The summed E-state index contributed by atoms with van der Waals surface area (Å²) in [5, 5.41) is 2.83. The molecule has 1 aliphatic rings. The fraction of sp³-hybridized carbons (Fsp3) is 0.364. The second kappa shape index (κ2) is 3.80. The van der Waals surface area contributed by atoms with Gasteiger partial charge in [0.05, 0.1) is 18.6 Å². The first-order valence-corrected chi connectivity index (χ1v) is 4.67. The number of methoxy groups -OCH3 is 1. The van der Waals surface area contributed by atoms with Gasteiger partial charge in [0, 0.05) is 7.11 Å². The fourth-order valence-corrected chi connectivity index (χ4v) is 1.80. The molecule has 1 aromatic carbocycles. The van der Waals surface area contributed by atoms with E-state index in [1.807, 2.05) is 30.3 Å². The Hall–Kier alpha value is -1.35. The van der Waals surface area contributed by atoms with Gasteiger partial charge in [-0.15, -0.1) is 0 Å². The zero-order valence-corrected chi connectivity index (χ0v) is 8.07. The van der Waals surface area contributed by atoms with E-state index in [1.165, 1.54) is 0 Å². The molecular weight excluding hydrogens is 178 g/mol. The third-order valence-electron chi connectivity index (χ3n) is 2.52. The first-order valence-electron chi connectivity index (χ1n) is 4.67. The van der Waals surface area contributed by atoms with Crippen LogP contribution in [0.15, 0.2) is 30.3 Å². The lowest BCUT2D eigenvalue weighted by molar-refractivity contribution is -0.132. The highest BCUT2D eigenvalue weighted by Gasteiger charge is 2.39. The molecule has 1 heterocycles. The van der Waals surface area contributed by atoms with Crippen LogP contribution < -0.4 is 5.32 Å². The van der Waals surface area contributed by atoms with E-state index in [0.29, 0.717) is 6.61 Å². The summed E-state index contributed by atoms with van der Waals surface area (Å²) in [7, 11) is 1.65. The topological polar surface area (TPSA) is 38.3 Å². The number of β-lactam (4-membered cyclic amide) rings is 1. The number of rotatable bonds is 3. The number of benzene rings is 1. The number of amides is 1. The Morgan fingerprint density at radius 1 is 1.36 bits per heavy atom. The molecule has 0 radical (unpaired) electrons. The van der Waals surface area contributed by atoms with Crippen molar-refractivity contribution >= 4 is 5.91 Å². The molecule has 0 spiro atoms. The summed E-state index contributed by atoms with van der Waals surface area (Å²) in [6.45, 7) is 0.575. The second-order valence-corrected chi connectivity index (χ2v) is 3.46. The first-order chi connectivity index (χ1) is 6.83. The zero-order chi connectivity index (χ0) is 9.97. The fourth-order valence-electron chi connectivity index (χ4n) is 1.80. The van der Waals surface area contributed by atoms with Crippen molar-refractivity contribution in [1.82, 2.24) is 5.32 Å². The van der Waals surface area contributed by atoms with Crippen molar-refractivity contribution < 1.29 is 9.53 Å². The Bertz CT molecular complexity index is 323. The molecule has 1 fully saturated rings. The van der Waals surface area contributed by atoms with Crippen LogP contribution in [0.3, 0.4) is 0 Å². The monoisotopic (exact) mass is 191 g/mol. The van der Waals surface area contributed by atoms with Gasteiger partial charge in [0.2, 0.25) is 5.91 Å². The lowest BCUT2D eigenvalue weighted by Crippen LogP contribution is -2.58. The molecule has 3 heteroatoms. The molecule has 3 nitrogen and oxygen atoms in total. The van der Waals surface area contributed by atoms with Gasteiger partial charge in [0.1, 0.15) is 0 Å². The van der Waals surface area contributed by atoms with Crippen LogP contribution in [-0.4, -0.2) is 25.7 Å². The van der Waals surface area contributed by atoms with E-state index in [0.717, 1.165) is 5.56 Å². The number of carbonyl (C=O) groups is 1. The van der Waals surface area contributed by atoms with Gasteiger partial charge in [-0.05, 0) is 5.56 Å². The van der Waals surface area contributed by atoms with Crippen molar-refractivity contribution in [1.29, 1.82) is 0 Å². The molecule has 0 aliphatic carbocycles. The molecular formula is C11H13NO2. The van der Waals surface area contributed by atoms with Crippen molar-refractivity contribution in [2.75, 3.05) is 13.7 Å². The van der Waals surface area contributed by atoms with Gasteiger partial charge in [0.25, 0.3) is 0 Å². The molecule has 2 rings (SSSR count). The Morgan fingerprint density at radius 2 is 2.07 bits per heavy atom. The van der Waals surface area contributed by atoms with E-state index in [4.69, 9.17) is 4.74 Å². The molecule has 2 unspecified atom stereocenters. The number of hydrogen-bond acceptors (Lipinski definition) is 2. The molecule has 2 atom stereocenters. The summed E-state index contributed by atoms with van der Waals surface area (Å²) in [5.74, 6) is 0.0643. The van der Waals surface area contributed by atoms with Crippen molar-refractivity contribution in [3.8, 4) is 0 Å². The maximum Gasteiger partial charge on any atom is 0.230 e. The lowest BCUT2D eigenvalue weighted by Gasteiger charge is -2.36. The summed E-state index contributed by atoms with van der Waals surface area (Å²) >= 11 is 0. The van der Waals surface area contributed by atoms with E-state index in [1.54, 1.807) is 7.11 Å². The summed E-state index contributed by atoms with van der Waals surface area (Å²) in [6.07, 6.45) is 0. The van der Waals surface area contributed by atoms with Crippen molar-refractivity contribution in [2.24, 2.45) is 0 Å². The van der Waals surface area contributed by atoms with Crippen LogP contribution in [-0.2, 0) is 9.53 Å².